The molecule has 0 heterocycles. The van der Waals surface area contributed by atoms with Crippen molar-refractivity contribution in [3.05, 3.63) is 0 Å². The Morgan fingerprint density at radius 3 is 2.11 bits per heavy atom. The maximum atomic E-state index is 11.7. The Kier molecular flexibility index (Phi) is 6.80. The molecule has 0 spiro atoms. The number of carboxylic acid groups (broad SMARTS) is 2. The summed E-state index contributed by atoms with van der Waals surface area (Å²) in [6.07, 6.45) is -1.42. The standard InChI is InChI=1S/C10H17O7P/c1-7(11)4-5-18(16,17)6-8(10(14)15)2-3-9(12)13/h8H,2-6H2,1H3,(H,12,13)(H,14,15)(H,16,17). The SMILES string of the molecule is CC(=O)CCP(=O)(O)CC(CCC(=O)O)C(=O)O. The van der Waals surface area contributed by atoms with Crippen molar-refractivity contribution in [3.63, 3.8) is 0 Å². The summed E-state index contributed by atoms with van der Waals surface area (Å²) in [6, 6.07) is 0. The molecule has 0 aromatic carbocycles. The lowest BCUT2D eigenvalue weighted by molar-refractivity contribution is -0.142. The van der Waals surface area contributed by atoms with Crippen molar-refractivity contribution in [3.8, 4) is 0 Å². The minimum atomic E-state index is -3.71. The van der Waals surface area contributed by atoms with E-state index in [0.717, 1.165) is 0 Å². The highest BCUT2D eigenvalue weighted by Gasteiger charge is 2.29. The Hall–Kier alpha value is -1.20. The van der Waals surface area contributed by atoms with Crippen LogP contribution >= 0.6 is 7.37 Å². The maximum Gasteiger partial charge on any atom is 0.307 e. The highest BCUT2D eigenvalue weighted by atomic mass is 31.2. The largest absolute Gasteiger partial charge is 0.481 e. The first-order valence-corrected chi connectivity index (χ1v) is 7.42. The molecule has 0 saturated carbocycles. The molecule has 7 nitrogen and oxygen atoms in total. The molecule has 0 aromatic rings. The third-order valence-electron chi connectivity index (χ3n) is 2.37. The fourth-order valence-electron chi connectivity index (χ4n) is 1.36. The number of rotatable bonds is 9. The fourth-order valence-corrected chi connectivity index (χ4v) is 3.23. The summed E-state index contributed by atoms with van der Waals surface area (Å²) in [6.45, 7) is 1.28. The van der Waals surface area contributed by atoms with Gasteiger partial charge < -0.3 is 19.9 Å². The number of carbonyl (C=O) groups is 3. The monoisotopic (exact) mass is 280 g/mol. The molecule has 0 aliphatic rings. The predicted molar refractivity (Wildman–Crippen MR) is 62.9 cm³/mol. The van der Waals surface area contributed by atoms with Crippen LogP contribution in [0.25, 0.3) is 0 Å². The number of carbonyl (C=O) groups excluding carboxylic acids is 1. The molecule has 0 saturated heterocycles. The van der Waals surface area contributed by atoms with Crippen molar-refractivity contribution in [2.45, 2.75) is 26.2 Å². The number of carboxylic acids is 2. The number of hydrogen-bond donors (Lipinski definition) is 3. The average Bonchev–Trinajstić information content (AvgIpc) is 2.21. The van der Waals surface area contributed by atoms with Crippen molar-refractivity contribution in [1.82, 2.24) is 0 Å². The molecule has 0 radical (unpaired) electrons. The van der Waals surface area contributed by atoms with E-state index in [2.05, 4.69) is 0 Å². The van der Waals surface area contributed by atoms with Gasteiger partial charge >= 0.3 is 11.9 Å². The summed E-state index contributed by atoms with van der Waals surface area (Å²) in [4.78, 5) is 41.4. The Bertz CT molecular complexity index is 376. The fraction of sp³-hybridized carbons (Fsp3) is 0.700. The van der Waals surface area contributed by atoms with Crippen LogP contribution < -0.4 is 0 Å². The first kappa shape index (κ1) is 16.8. The topological polar surface area (TPSA) is 129 Å². The van der Waals surface area contributed by atoms with E-state index in [1.54, 1.807) is 0 Å². The Labute approximate surface area is 104 Å². The van der Waals surface area contributed by atoms with Crippen LogP contribution in [0.2, 0.25) is 0 Å². The summed E-state index contributed by atoms with van der Waals surface area (Å²) in [5, 5.41) is 17.3. The highest BCUT2D eigenvalue weighted by molar-refractivity contribution is 7.58. The molecule has 2 unspecified atom stereocenters. The Morgan fingerprint density at radius 2 is 1.72 bits per heavy atom. The number of aliphatic carboxylic acids is 2. The van der Waals surface area contributed by atoms with E-state index in [0.29, 0.717) is 0 Å². The van der Waals surface area contributed by atoms with Gasteiger partial charge in [-0.2, -0.15) is 0 Å². The van der Waals surface area contributed by atoms with E-state index >= 15 is 0 Å². The molecule has 0 fully saturated rings. The van der Waals surface area contributed by atoms with Crippen molar-refractivity contribution in [2.24, 2.45) is 5.92 Å². The third-order valence-corrected chi connectivity index (χ3v) is 4.31. The van der Waals surface area contributed by atoms with E-state index in [1.807, 2.05) is 0 Å². The van der Waals surface area contributed by atoms with E-state index in [9.17, 15) is 23.8 Å². The van der Waals surface area contributed by atoms with Gasteiger partial charge in [-0.15, -0.1) is 0 Å². The lowest BCUT2D eigenvalue weighted by Gasteiger charge is -2.16. The first-order valence-electron chi connectivity index (χ1n) is 5.39. The second kappa shape index (κ2) is 7.28. The van der Waals surface area contributed by atoms with E-state index in [4.69, 9.17) is 10.2 Å². The third kappa shape index (κ3) is 7.97. The molecule has 3 N–H and O–H groups in total. The van der Waals surface area contributed by atoms with Crippen LogP contribution in [0, 0.1) is 5.92 Å². The van der Waals surface area contributed by atoms with Crippen LogP contribution in [-0.2, 0) is 18.9 Å². The lowest BCUT2D eigenvalue weighted by atomic mass is 10.1. The molecule has 18 heavy (non-hydrogen) atoms. The quantitative estimate of drug-likeness (QED) is 0.532. The minimum absolute atomic E-state index is 0.0843. The molecular weight excluding hydrogens is 263 g/mol. The molecule has 104 valence electrons. The van der Waals surface area contributed by atoms with Crippen LogP contribution in [0.15, 0.2) is 0 Å². The van der Waals surface area contributed by atoms with Crippen LogP contribution in [0.4, 0.5) is 0 Å². The Morgan fingerprint density at radius 1 is 1.17 bits per heavy atom. The zero-order valence-corrected chi connectivity index (χ0v) is 10.9. The second-order valence-corrected chi connectivity index (χ2v) is 6.68. The summed E-state index contributed by atoms with van der Waals surface area (Å²) in [5.41, 5.74) is 0. The average molecular weight is 280 g/mol. The minimum Gasteiger partial charge on any atom is -0.481 e. The zero-order chi connectivity index (χ0) is 14.3. The molecule has 0 rings (SSSR count). The molecule has 8 heteroatoms. The van der Waals surface area contributed by atoms with Crippen molar-refractivity contribution in [1.29, 1.82) is 0 Å². The number of Topliss-reactive ketones (excluding diaryl/α,β-unsaturated/α-hetero) is 1. The molecule has 0 amide bonds. The van der Waals surface area contributed by atoms with Gasteiger partial charge in [0, 0.05) is 25.2 Å². The molecule has 0 aliphatic carbocycles. The zero-order valence-electron chi connectivity index (χ0n) is 10.0. The first-order chi connectivity index (χ1) is 8.14. The summed E-state index contributed by atoms with van der Waals surface area (Å²) in [5.74, 6) is -3.88. The van der Waals surface area contributed by atoms with Crippen LogP contribution in [-0.4, -0.2) is 45.2 Å². The molecule has 2 atom stereocenters. The predicted octanol–water partition coefficient (Wildman–Crippen LogP) is 0.801. The van der Waals surface area contributed by atoms with Gasteiger partial charge in [0.1, 0.15) is 5.78 Å². The van der Waals surface area contributed by atoms with E-state index in [-0.39, 0.29) is 31.2 Å². The van der Waals surface area contributed by atoms with Crippen molar-refractivity contribution < 1.29 is 34.1 Å². The van der Waals surface area contributed by atoms with Gasteiger partial charge in [-0.3, -0.25) is 14.2 Å². The van der Waals surface area contributed by atoms with Gasteiger partial charge in [0.05, 0.1) is 5.92 Å². The molecule has 0 aliphatic heterocycles. The van der Waals surface area contributed by atoms with Crippen LogP contribution in [0.1, 0.15) is 26.2 Å². The van der Waals surface area contributed by atoms with Crippen molar-refractivity contribution >= 4 is 25.1 Å². The normalized spacial score (nSPS) is 15.7. The van der Waals surface area contributed by atoms with Crippen LogP contribution in [0.5, 0.6) is 0 Å². The second-order valence-electron chi connectivity index (χ2n) is 4.17. The van der Waals surface area contributed by atoms with Gasteiger partial charge in [-0.05, 0) is 13.3 Å². The summed E-state index contributed by atoms with van der Waals surface area (Å²) < 4.78 is 11.7. The van der Waals surface area contributed by atoms with Crippen LogP contribution in [0.3, 0.4) is 0 Å². The van der Waals surface area contributed by atoms with Gasteiger partial charge in [-0.25, -0.2) is 0 Å². The van der Waals surface area contributed by atoms with E-state index in [1.165, 1.54) is 6.92 Å². The van der Waals surface area contributed by atoms with Gasteiger partial charge in [0.2, 0.25) is 7.37 Å². The number of ketones is 1. The highest BCUT2D eigenvalue weighted by Crippen LogP contribution is 2.44. The maximum absolute atomic E-state index is 11.7. The smallest absolute Gasteiger partial charge is 0.307 e. The summed E-state index contributed by atoms with van der Waals surface area (Å²) in [7, 11) is -3.71. The molecule has 0 aromatic heterocycles. The molecule has 0 bridgehead atoms. The van der Waals surface area contributed by atoms with Gasteiger partial charge in [0.25, 0.3) is 0 Å². The number of hydrogen-bond acceptors (Lipinski definition) is 4. The van der Waals surface area contributed by atoms with Gasteiger partial charge in [-0.1, -0.05) is 0 Å². The lowest BCUT2D eigenvalue weighted by Crippen LogP contribution is -2.20. The Balaban J connectivity index is 4.46. The molecular formula is C10H17O7P. The van der Waals surface area contributed by atoms with E-state index < -0.39 is 31.4 Å². The summed E-state index contributed by atoms with van der Waals surface area (Å²) >= 11 is 0. The van der Waals surface area contributed by atoms with Gasteiger partial charge in [0.15, 0.2) is 0 Å². The van der Waals surface area contributed by atoms with Crippen molar-refractivity contribution in [2.75, 3.05) is 12.3 Å².